The van der Waals surface area contributed by atoms with E-state index in [1.165, 1.54) is 28.1 Å². The Labute approximate surface area is 282 Å². The van der Waals surface area contributed by atoms with Gasteiger partial charge in [0.1, 0.15) is 13.2 Å². The molecule has 0 aliphatic rings. The molecule has 10 heteroatoms. The van der Waals surface area contributed by atoms with Gasteiger partial charge < -0.3 is 38.1 Å². The molecule has 0 radical (unpaired) electrons. The van der Waals surface area contributed by atoms with Crippen LogP contribution in [0.5, 0.6) is 23.0 Å². The van der Waals surface area contributed by atoms with Crippen molar-refractivity contribution in [3.63, 3.8) is 0 Å². The lowest BCUT2D eigenvalue weighted by molar-refractivity contribution is -0.162. The zero-order valence-electron chi connectivity index (χ0n) is 28.2. The van der Waals surface area contributed by atoms with Gasteiger partial charge in [0.15, 0.2) is 35.4 Å². The Bertz CT molecular complexity index is 1610. The maximum Gasteiger partial charge on any atom is 0.303 e. The second-order valence-electron chi connectivity index (χ2n) is 10.9. The van der Waals surface area contributed by atoms with Gasteiger partial charge in [-0.25, -0.2) is 0 Å². The average molecular weight is 658 g/mol. The van der Waals surface area contributed by atoms with Gasteiger partial charge in [0, 0.05) is 28.1 Å². The second kappa shape index (κ2) is 17.7. The van der Waals surface area contributed by atoms with Crippen LogP contribution >= 0.6 is 0 Å². The van der Waals surface area contributed by atoms with Gasteiger partial charge >= 0.3 is 5.97 Å². The molecule has 10 nitrogen and oxygen atoms in total. The third kappa shape index (κ3) is 9.49. The molecule has 2 unspecified atom stereocenters. The number of carbonyl (C=O) groups is 2. The van der Waals surface area contributed by atoms with Crippen molar-refractivity contribution in [2.24, 2.45) is 0 Å². The number of hydrogen-bond acceptors (Lipinski definition) is 9. The smallest absolute Gasteiger partial charge is 0.303 e. The van der Waals surface area contributed by atoms with Crippen LogP contribution < -0.4 is 18.9 Å². The van der Waals surface area contributed by atoms with E-state index in [0.29, 0.717) is 34.1 Å². The number of amides is 1. The molecule has 0 saturated carbocycles. The van der Waals surface area contributed by atoms with Crippen LogP contribution in [-0.2, 0) is 37.0 Å². The lowest BCUT2D eigenvalue weighted by Gasteiger charge is -2.38. The molecule has 4 aromatic carbocycles. The van der Waals surface area contributed by atoms with Crippen molar-refractivity contribution in [3.05, 3.63) is 119 Å². The van der Waals surface area contributed by atoms with E-state index in [9.17, 15) is 9.59 Å². The molecule has 2 atom stereocenters. The predicted octanol–water partition coefficient (Wildman–Crippen LogP) is 6.67. The summed E-state index contributed by atoms with van der Waals surface area (Å²) in [5.41, 5.74) is 3.12. The van der Waals surface area contributed by atoms with Crippen LogP contribution in [-0.4, -0.2) is 58.1 Å². The van der Waals surface area contributed by atoms with Crippen molar-refractivity contribution in [2.75, 3.05) is 35.0 Å². The van der Waals surface area contributed by atoms with E-state index in [1.54, 1.807) is 49.5 Å². The van der Waals surface area contributed by atoms with E-state index in [0.717, 1.165) is 11.1 Å². The highest BCUT2D eigenvalue weighted by atomic mass is 16.7. The topological polar surface area (TPSA) is 102 Å². The minimum Gasteiger partial charge on any atom is -0.493 e. The van der Waals surface area contributed by atoms with Crippen molar-refractivity contribution < 1.29 is 42.7 Å². The molecular weight excluding hydrogens is 614 g/mol. The first kappa shape index (κ1) is 35.8. The minimum atomic E-state index is -0.999. The Morgan fingerprint density at radius 1 is 0.625 bits per heavy atom. The fourth-order valence-corrected chi connectivity index (χ4v) is 5.30. The number of nitrogens with zero attached hydrogens (tertiary/aromatic N) is 1. The van der Waals surface area contributed by atoms with Gasteiger partial charge in [0.05, 0.1) is 26.8 Å². The predicted molar refractivity (Wildman–Crippen MR) is 180 cm³/mol. The molecule has 0 spiro atoms. The van der Waals surface area contributed by atoms with Crippen LogP contribution in [0.4, 0.5) is 0 Å². The molecule has 0 aromatic heterocycles. The van der Waals surface area contributed by atoms with E-state index >= 15 is 0 Å². The van der Waals surface area contributed by atoms with Crippen LogP contribution in [0.2, 0.25) is 0 Å². The van der Waals surface area contributed by atoms with Gasteiger partial charge in [-0.3, -0.25) is 9.59 Å². The first-order valence-corrected chi connectivity index (χ1v) is 15.5. The molecule has 0 fully saturated rings. The highest BCUT2D eigenvalue weighted by molar-refractivity contribution is 5.74. The molecule has 1 amide bonds. The standard InChI is InChI=1S/C38H43NO9/c1-26(40)39(23-36(44-5)45-6)37(30-17-19-32(42-3)34(21-30)46-24-28-13-9-7-10-14-28)38(48-27(2)41)31-18-20-33(43-4)35(22-31)47-25-29-15-11-8-12-16-29/h7-22,36-38H,23-25H2,1-6H3. The molecule has 0 aliphatic carbocycles. The maximum absolute atomic E-state index is 13.5. The van der Waals surface area contributed by atoms with Gasteiger partial charge in [-0.15, -0.1) is 0 Å². The van der Waals surface area contributed by atoms with Crippen LogP contribution in [0.15, 0.2) is 97.1 Å². The number of carbonyl (C=O) groups excluding carboxylic acids is 2. The van der Waals surface area contributed by atoms with Crippen molar-refractivity contribution in [2.45, 2.75) is 45.5 Å². The summed E-state index contributed by atoms with van der Waals surface area (Å²) in [5, 5.41) is 0. The van der Waals surface area contributed by atoms with Crippen LogP contribution in [0.25, 0.3) is 0 Å². The van der Waals surface area contributed by atoms with Crippen molar-refractivity contribution >= 4 is 11.9 Å². The quantitative estimate of drug-likeness (QED) is 0.0910. The molecule has 0 saturated heterocycles. The normalized spacial score (nSPS) is 12.1. The van der Waals surface area contributed by atoms with Crippen molar-refractivity contribution in [3.8, 4) is 23.0 Å². The fourth-order valence-electron chi connectivity index (χ4n) is 5.30. The van der Waals surface area contributed by atoms with Crippen LogP contribution in [0, 0.1) is 0 Å². The second-order valence-corrected chi connectivity index (χ2v) is 10.9. The molecule has 0 aliphatic heterocycles. The van der Waals surface area contributed by atoms with Crippen molar-refractivity contribution in [1.82, 2.24) is 4.90 Å². The summed E-state index contributed by atoms with van der Waals surface area (Å²) in [7, 11) is 6.10. The fraction of sp³-hybridized carbons (Fsp3) is 0.316. The van der Waals surface area contributed by atoms with Crippen LogP contribution in [0.1, 0.15) is 48.2 Å². The van der Waals surface area contributed by atoms with E-state index in [1.807, 2.05) is 66.7 Å². The number of esters is 1. The number of ether oxygens (including phenoxy) is 7. The largest absolute Gasteiger partial charge is 0.493 e. The van der Waals surface area contributed by atoms with E-state index in [-0.39, 0.29) is 25.7 Å². The highest BCUT2D eigenvalue weighted by Gasteiger charge is 2.37. The summed E-state index contributed by atoms with van der Waals surface area (Å²) in [6.45, 7) is 3.37. The first-order valence-electron chi connectivity index (χ1n) is 15.5. The molecule has 48 heavy (non-hydrogen) atoms. The monoisotopic (exact) mass is 657 g/mol. The number of methoxy groups -OCH3 is 4. The summed E-state index contributed by atoms with van der Waals surface area (Å²) in [6, 6.07) is 29.3. The SMILES string of the molecule is COc1ccc(C(OC(C)=O)C(c2ccc(OC)c(OCc3ccccc3)c2)N(CC(OC)OC)C(C)=O)cc1OCc1ccccc1. The molecule has 0 N–H and O–H groups in total. The van der Waals surface area contributed by atoms with Gasteiger partial charge in [-0.1, -0.05) is 72.8 Å². The zero-order valence-corrected chi connectivity index (χ0v) is 28.2. The third-order valence-corrected chi connectivity index (χ3v) is 7.71. The van der Waals surface area contributed by atoms with E-state index < -0.39 is 24.4 Å². The van der Waals surface area contributed by atoms with Gasteiger partial charge in [0.25, 0.3) is 0 Å². The van der Waals surface area contributed by atoms with Crippen molar-refractivity contribution in [1.29, 1.82) is 0 Å². The summed E-state index contributed by atoms with van der Waals surface area (Å²) < 4.78 is 40.7. The first-order chi connectivity index (χ1) is 23.3. The Kier molecular flexibility index (Phi) is 13.2. The van der Waals surface area contributed by atoms with Gasteiger partial charge in [-0.05, 0) is 46.5 Å². The number of benzene rings is 4. The molecule has 0 heterocycles. The van der Waals surface area contributed by atoms with Crippen LogP contribution in [0.3, 0.4) is 0 Å². The number of rotatable bonds is 17. The zero-order chi connectivity index (χ0) is 34.5. The van der Waals surface area contributed by atoms with E-state index in [4.69, 9.17) is 33.2 Å². The Hall–Kier alpha value is -5.06. The maximum atomic E-state index is 13.5. The lowest BCUT2D eigenvalue weighted by Crippen LogP contribution is -2.43. The summed E-state index contributed by atoms with van der Waals surface area (Å²) in [5.74, 6) is 1.05. The molecular formula is C38H43NO9. The van der Waals surface area contributed by atoms with E-state index in [2.05, 4.69) is 0 Å². The Morgan fingerprint density at radius 2 is 1.10 bits per heavy atom. The van der Waals surface area contributed by atoms with Gasteiger partial charge in [-0.2, -0.15) is 0 Å². The highest BCUT2D eigenvalue weighted by Crippen LogP contribution is 2.43. The molecule has 0 bridgehead atoms. The molecule has 4 aromatic rings. The lowest BCUT2D eigenvalue weighted by atomic mass is 9.93. The average Bonchev–Trinajstić information content (AvgIpc) is 3.11. The number of hydrogen-bond donors (Lipinski definition) is 0. The Morgan fingerprint density at radius 3 is 1.54 bits per heavy atom. The molecule has 254 valence electrons. The van der Waals surface area contributed by atoms with Gasteiger partial charge in [0.2, 0.25) is 5.91 Å². The molecule has 4 rings (SSSR count). The summed E-state index contributed by atoms with van der Waals surface area (Å²) in [6.07, 6.45) is -1.76. The third-order valence-electron chi connectivity index (χ3n) is 7.71. The Balaban J connectivity index is 1.84. The minimum absolute atomic E-state index is 0.0323. The summed E-state index contributed by atoms with van der Waals surface area (Å²) >= 11 is 0. The summed E-state index contributed by atoms with van der Waals surface area (Å²) in [4.78, 5) is 27.8.